The molecule has 2 aromatic rings. The monoisotopic (exact) mass is 387 g/mol. The van der Waals surface area contributed by atoms with Crippen molar-refractivity contribution in [1.82, 2.24) is 0 Å². The zero-order chi connectivity index (χ0) is 19.2. The molecule has 0 saturated carbocycles. The number of hydrogen-bond acceptors (Lipinski definition) is 5. The highest BCUT2D eigenvalue weighted by Gasteiger charge is 2.26. The predicted molar refractivity (Wildman–Crippen MR) is 107 cm³/mol. The Hall–Kier alpha value is -2.34. The largest absolute Gasteiger partial charge is 0.497 e. The van der Waals surface area contributed by atoms with Gasteiger partial charge in [-0.05, 0) is 55.9 Å². The van der Waals surface area contributed by atoms with Gasteiger partial charge in [-0.25, -0.2) is 4.79 Å². The third-order valence-corrected chi connectivity index (χ3v) is 5.88. The maximum Gasteiger partial charge on any atom is 0.341 e. The van der Waals surface area contributed by atoms with Crippen molar-refractivity contribution in [2.24, 2.45) is 0 Å². The number of carbonyl (C=O) groups is 2. The van der Waals surface area contributed by atoms with Crippen molar-refractivity contribution < 1.29 is 19.1 Å². The predicted octanol–water partition coefficient (Wildman–Crippen LogP) is 4.38. The minimum absolute atomic E-state index is 0.137. The molecule has 3 rings (SSSR count). The van der Waals surface area contributed by atoms with Crippen LogP contribution < -0.4 is 10.1 Å². The Morgan fingerprint density at radius 2 is 1.85 bits per heavy atom. The van der Waals surface area contributed by atoms with Gasteiger partial charge in [0.1, 0.15) is 10.8 Å². The quantitative estimate of drug-likeness (QED) is 0.590. The Morgan fingerprint density at radius 3 is 2.56 bits per heavy atom. The first-order valence-electron chi connectivity index (χ1n) is 9.36. The maximum absolute atomic E-state index is 12.6. The molecule has 27 heavy (non-hydrogen) atoms. The summed E-state index contributed by atoms with van der Waals surface area (Å²) in [4.78, 5) is 26.3. The highest BCUT2D eigenvalue weighted by Crippen LogP contribution is 2.38. The molecule has 0 saturated heterocycles. The average molecular weight is 388 g/mol. The van der Waals surface area contributed by atoms with Crippen molar-refractivity contribution in [2.45, 2.75) is 45.4 Å². The normalized spacial score (nSPS) is 13.4. The summed E-state index contributed by atoms with van der Waals surface area (Å²) in [5.41, 5.74) is 2.52. The van der Waals surface area contributed by atoms with Crippen LogP contribution in [0.4, 0.5) is 5.00 Å². The van der Waals surface area contributed by atoms with Crippen LogP contribution in [0.15, 0.2) is 24.3 Å². The molecule has 0 aliphatic heterocycles. The standard InChI is InChI=1S/C21H25NO4S/c1-3-26-21(24)19-16-7-5-4-6-8-17(16)27-20(19)22-18(23)13-14-9-11-15(25-2)12-10-14/h9-12H,3-8,13H2,1-2H3,(H,22,23). The van der Waals surface area contributed by atoms with Crippen LogP contribution in [0.5, 0.6) is 5.75 Å². The van der Waals surface area contributed by atoms with Gasteiger partial charge in [-0.1, -0.05) is 18.6 Å². The molecular formula is C21H25NO4S. The number of rotatable bonds is 6. The van der Waals surface area contributed by atoms with Crippen molar-refractivity contribution in [3.05, 3.63) is 45.8 Å². The van der Waals surface area contributed by atoms with Crippen molar-refractivity contribution >= 4 is 28.2 Å². The Kier molecular flexibility index (Phi) is 6.50. The van der Waals surface area contributed by atoms with Gasteiger partial charge >= 0.3 is 5.97 Å². The number of anilines is 1. The number of carbonyl (C=O) groups excluding carboxylic acids is 2. The Labute approximate surface area is 163 Å². The molecule has 1 heterocycles. The van der Waals surface area contributed by atoms with Gasteiger partial charge in [0.25, 0.3) is 0 Å². The highest BCUT2D eigenvalue weighted by atomic mass is 32.1. The third-order valence-electron chi connectivity index (χ3n) is 4.68. The summed E-state index contributed by atoms with van der Waals surface area (Å²) in [6.45, 7) is 2.12. The highest BCUT2D eigenvalue weighted by molar-refractivity contribution is 7.17. The van der Waals surface area contributed by atoms with Gasteiger partial charge in [-0.3, -0.25) is 4.79 Å². The molecule has 1 amide bonds. The minimum Gasteiger partial charge on any atom is -0.497 e. The van der Waals surface area contributed by atoms with Crippen molar-refractivity contribution in [1.29, 1.82) is 0 Å². The summed E-state index contributed by atoms with van der Waals surface area (Å²) in [5.74, 6) is 0.282. The second-order valence-corrected chi connectivity index (χ2v) is 7.67. The number of esters is 1. The minimum atomic E-state index is -0.336. The summed E-state index contributed by atoms with van der Waals surface area (Å²) in [5, 5.41) is 3.58. The van der Waals surface area contributed by atoms with E-state index in [0.29, 0.717) is 17.2 Å². The zero-order valence-electron chi connectivity index (χ0n) is 15.8. The van der Waals surface area contributed by atoms with E-state index in [2.05, 4.69) is 5.32 Å². The topological polar surface area (TPSA) is 64.6 Å². The van der Waals surface area contributed by atoms with Crippen molar-refractivity contribution in [2.75, 3.05) is 19.0 Å². The van der Waals surface area contributed by atoms with Gasteiger partial charge in [0.15, 0.2) is 0 Å². The molecule has 1 aromatic carbocycles. The van der Waals surface area contributed by atoms with Crippen LogP contribution in [-0.4, -0.2) is 25.6 Å². The lowest BCUT2D eigenvalue weighted by atomic mass is 10.1. The first-order chi connectivity index (χ1) is 13.1. The molecule has 0 atom stereocenters. The smallest absolute Gasteiger partial charge is 0.341 e. The summed E-state index contributed by atoms with van der Waals surface area (Å²) in [6.07, 6.45) is 5.43. The molecule has 0 radical (unpaired) electrons. The molecule has 1 aliphatic rings. The van der Waals surface area contributed by atoms with E-state index in [4.69, 9.17) is 9.47 Å². The molecule has 1 aliphatic carbocycles. The van der Waals surface area contributed by atoms with Crippen molar-refractivity contribution in [3.8, 4) is 5.75 Å². The molecule has 6 heteroatoms. The lowest BCUT2D eigenvalue weighted by Gasteiger charge is -2.09. The van der Waals surface area contributed by atoms with E-state index >= 15 is 0 Å². The van der Waals surface area contributed by atoms with Crippen LogP contribution in [0, 0.1) is 0 Å². The first kappa shape index (κ1) is 19.4. The second kappa shape index (κ2) is 9.04. The molecule has 0 fully saturated rings. The van der Waals surface area contributed by atoms with E-state index in [-0.39, 0.29) is 18.3 Å². The number of aryl methyl sites for hydroxylation is 1. The maximum atomic E-state index is 12.6. The summed E-state index contributed by atoms with van der Waals surface area (Å²) >= 11 is 1.52. The van der Waals surface area contributed by atoms with Gasteiger partial charge in [0, 0.05) is 4.88 Å². The van der Waals surface area contributed by atoms with Crippen LogP contribution in [0.2, 0.25) is 0 Å². The number of fused-ring (bicyclic) bond motifs is 1. The Bertz CT molecular complexity index is 810. The molecule has 0 spiro atoms. The van der Waals surface area contributed by atoms with Gasteiger partial charge < -0.3 is 14.8 Å². The van der Waals surface area contributed by atoms with Crippen LogP contribution >= 0.6 is 11.3 Å². The molecule has 5 nitrogen and oxygen atoms in total. The van der Waals surface area contributed by atoms with Gasteiger partial charge in [-0.15, -0.1) is 11.3 Å². The van der Waals surface area contributed by atoms with Crippen molar-refractivity contribution in [3.63, 3.8) is 0 Å². The van der Waals surface area contributed by atoms with Crippen LogP contribution in [0.1, 0.15) is 52.5 Å². The summed E-state index contributed by atoms with van der Waals surface area (Å²) in [7, 11) is 1.61. The number of benzene rings is 1. The number of methoxy groups -OCH3 is 1. The van der Waals surface area contributed by atoms with Gasteiger partial charge in [0.2, 0.25) is 5.91 Å². The van der Waals surface area contributed by atoms with E-state index in [9.17, 15) is 9.59 Å². The summed E-state index contributed by atoms with van der Waals surface area (Å²) < 4.78 is 10.4. The first-order valence-corrected chi connectivity index (χ1v) is 10.2. The average Bonchev–Trinajstić information content (AvgIpc) is 2.83. The van der Waals surface area contributed by atoms with Gasteiger partial charge in [0.05, 0.1) is 25.7 Å². The molecule has 0 bridgehead atoms. The van der Waals surface area contributed by atoms with E-state index in [0.717, 1.165) is 42.6 Å². The van der Waals surface area contributed by atoms with Crippen LogP contribution in [0.25, 0.3) is 0 Å². The van der Waals surface area contributed by atoms with Crippen LogP contribution in [0.3, 0.4) is 0 Å². The lowest BCUT2D eigenvalue weighted by molar-refractivity contribution is -0.115. The lowest BCUT2D eigenvalue weighted by Crippen LogP contribution is -2.17. The SMILES string of the molecule is CCOC(=O)c1c(NC(=O)Cc2ccc(OC)cc2)sc2c1CCCCC2. The molecule has 1 aromatic heterocycles. The zero-order valence-corrected chi connectivity index (χ0v) is 16.6. The van der Waals surface area contributed by atoms with E-state index in [1.165, 1.54) is 22.6 Å². The van der Waals surface area contributed by atoms with E-state index in [1.54, 1.807) is 14.0 Å². The number of hydrogen-bond donors (Lipinski definition) is 1. The fraction of sp³-hybridized carbons (Fsp3) is 0.429. The van der Waals surface area contributed by atoms with Crippen LogP contribution in [-0.2, 0) is 28.8 Å². The number of thiophene rings is 1. The molecule has 144 valence electrons. The Morgan fingerprint density at radius 1 is 1.11 bits per heavy atom. The fourth-order valence-electron chi connectivity index (χ4n) is 3.35. The van der Waals surface area contributed by atoms with E-state index < -0.39 is 0 Å². The molecule has 0 unspecified atom stereocenters. The summed E-state index contributed by atoms with van der Waals surface area (Å²) in [6, 6.07) is 7.41. The Balaban J connectivity index is 1.80. The third kappa shape index (κ3) is 4.69. The fourth-order valence-corrected chi connectivity index (χ4v) is 4.64. The second-order valence-electron chi connectivity index (χ2n) is 6.56. The number of ether oxygens (including phenoxy) is 2. The molecular weight excluding hydrogens is 362 g/mol. The molecule has 1 N–H and O–H groups in total. The van der Waals surface area contributed by atoms with Gasteiger partial charge in [-0.2, -0.15) is 0 Å². The van der Waals surface area contributed by atoms with E-state index in [1.807, 2.05) is 24.3 Å². The number of nitrogens with one attached hydrogen (secondary N) is 1. The number of amides is 1.